The lowest BCUT2D eigenvalue weighted by Crippen LogP contribution is -2.05. The lowest BCUT2D eigenvalue weighted by atomic mass is 10.2. The minimum absolute atomic E-state index is 0.284. The highest BCUT2D eigenvalue weighted by molar-refractivity contribution is 5.84. The molecular formula is C16H16FN3O. The molecule has 0 radical (unpaired) electrons. The van der Waals surface area contributed by atoms with Crippen LogP contribution in [0.4, 0.5) is 10.2 Å². The van der Waals surface area contributed by atoms with E-state index in [0.717, 1.165) is 17.9 Å². The molecule has 0 aliphatic carbocycles. The summed E-state index contributed by atoms with van der Waals surface area (Å²) in [5.74, 6) is 0.982. The molecule has 0 aliphatic rings. The summed E-state index contributed by atoms with van der Waals surface area (Å²) < 4.78 is 19.1. The van der Waals surface area contributed by atoms with E-state index in [4.69, 9.17) is 4.42 Å². The van der Waals surface area contributed by atoms with Crippen LogP contribution < -0.4 is 5.32 Å². The van der Waals surface area contributed by atoms with Crippen LogP contribution in [0.3, 0.4) is 0 Å². The molecule has 108 valence electrons. The Morgan fingerprint density at radius 2 is 1.90 bits per heavy atom. The minimum atomic E-state index is -0.284. The van der Waals surface area contributed by atoms with Gasteiger partial charge in [0.2, 0.25) is 0 Å². The number of rotatable bonds is 3. The van der Waals surface area contributed by atoms with Gasteiger partial charge in [-0.1, -0.05) is 0 Å². The van der Waals surface area contributed by atoms with Crippen molar-refractivity contribution in [1.82, 2.24) is 9.97 Å². The Bertz CT molecular complexity index is 811. The fourth-order valence-electron chi connectivity index (χ4n) is 2.20. The van der Waals surface area contributed by atoms with Crippen LogP contribution in [0.1, 0.15) is 18.3 Å². The van der Waals surface area contributed by atoms with Gasteiger partial charge in [0, 0.05) is 11.9 Å². The molecule has 0 saturated heterocycles. The van der Waals surface area contributed by atoms with Crippen molar-refractivity contribution in [2.75, 3.05) is 11.9 Å². The fraction of sp³-hybridized carbons (Fsp3) is 0.250. The number of furan rings is 1. The number of nitrogens with zero attached hydrogens (tertiary/aromatic N) is 2. The van der Waals surface area contributed by atoms with Crippen LogP contribution in [0.15, 0.2) is 28.7 Å². The van der Waals surface area contributed by atoms with Crippen LogP contribution in [0.5, 0.6) is 0 Å². The molecule has 0 aliphatic heterocycles. The van der Waals surface area contributed by atoms with E-state index in [-0.39, 0.29) is 5.82 Å². The van der Waals surface area contributed by atoms with Gasteiger partial charge >= 0.3 is 0 Å². The van der Waals surface area contributed by atoms with Gasteiger partial charge in [-0.15, -0.1) is 0 Å². The van der Waals surface area contributed by atoms with E-state index < -0.39 is 0 Å². The zero-order valence-electron chi connectivity index (χ0n) is 12.2. The second kappa shape index (κ2) is 5.16. The van der Waals surface area contributed by atoms with Crippen molar-refractivity contribution in [2.45, 2.75) is 20.8 Å². The van der Waals surface area contributed by atoms with Crippen LogP contribution in [0, 0.1) is 19.7 Å². The highest BCUT2D eigenvalue weighted by Gasteiger charge is 2.15. The van der Waals surface area contributed by atoms with Gasteiger partial charge in [0.1, 0.15) is 17.1 Å². The van der Waals surface area contributed by atoms with E-state index in [1.165, 1.54) is 12.1 Å². The van der Waals surface area contributed by atoms with E-state index in [0.29, 0.717) is 28.2 Å². The minimum Gasteiger partial charge on any atom is -0.454 e. The summed E-state index contributed by atoms with van der Waals surface area (Å²) in [6, 6.07) is 6.24. The number of benzene rings is 1. The monoisotopic (exact) mass is 285 g/mol. The summed E-state index contributed by atoms with van der Waals surface area (Å²) in [4.78, 5) is 9.09. The maximum atomic E-state index is 13.3. The van der Waals surface area contributed by atoms with E-state index in [2.05, 4.69) is 15.3 Å². The third kappa shape index (κ3) is 2.46. The molecule has 1 aromatic carbocycles. The van der Waals surface area contributed by atoms with Crippen molar-refractivity contribution in [2.24, 2.45) is 0 Å². The standard InChI is InChI=1S/C16H16FN3O/c1-4-18-16-15(19-9(2)10(3)20-16)14-8-11-7-12(17)5-6-13(11)21-14/h5-8H,4H2,1-3H3,(H,18,20). The Labute approximate surface area is 122 Å². The van der Waals surface area contributed by atoms with E-state index in [1.807, 2.05) is 20.8 Å². The van der Waals surface area contributed by atoms with Crippen molar-refractivity contribution in [3.63, 3.8) is 0 Å². The summed E-state index contributed by atoms with van der Waals surface area (Å²) in [6.45, 7) is 6.55. The Kier molecular flexibility index (Phi) is 3.33. The van der Waals surface area contributed by atoms with Crippen LogP contribution in [-0.2, 0) is 0 Å². The van der Waals surface area contributed by atoms with Crippen LogP contribution >= 0.6 is 0 Å². The van der Waals surface area contributed by atoms with Gasteiger partial charge in [-0.3, -0.25) is 0 Å². The van der Waals surface area contributed by atoms with Crippen LogP contribution in [0.25, 0.3) is 22.4 Å². The average Bonchev–Trinajstić information content (AvgIpc) is 2.85. The number of anilines is 1. The van der Waals surface area contributed by atoms with Gasteiger partial charge in [0.15, 0.2) is 11.6 Å². The molecule has 0 bridgehead atoms. The number of nitrogens with one attached hydrogen (secondary N) is 1. The number of aromatic nitrogens is 2. The molecule has 3 aromatic rings. The summed E-state index contributed by atoms with van der Waals surface area (Å²) >= 11 is 0. The molecular weight excluding hydrogens is 269 g/mol. The molecule has 3 rings (SSSR count). The summed E-state index contributed by atoms with van der Waals surface area (Å²) in [7, 11) is 0. The largest absolute Gasteiger partial charge is 0.454 e. The molecule has 0 spiro atoms. The van der Waals surface area contributed by atoms with Crippen molar-refractivity contribution in [3.05, 3.63) is 41.5 Å². The molecule has 0 unspecified atom stereocenters. The lowest BCUT2D eigenvalue weighted by molar-refractivity contribution is 0.617. The van der Waals surface area contributed by atoms with Crippen LogP contribution in [-0.4, -0.2) is 16.5 Å². The number of hydrogen-bond acceptors (Lipinski definition) is 4. The molecule has 0 amide bonds. The molecule has 0 fully saturated rings. The predicted molar refractivity (Wildman–Crippen MR) is 80.8 cm³/mol. The molecule has 2 aromatic heterocycles. The number of hydrogen-bond donors (Lipinski definition) is 1. The van der Waals surface area contributed by atoms with Crippen molar-refractivity contribution in [1.29, 1.82) is 0 Å². The smallest absolute Gasteiger partial charge is 0.157 e. The highest BCUT2D eigenvalue weighted by Crippen LogP contribution is 2.31. The Balaban J connectivity index is 2.18. The first-order valence-electron chi connectivity index (χ1n) is 6.87. The van der Waals surface area contributed by atoms with E-state index in [9.17, 15) is 4.39 Å². The van der Waals surface area contributed by atoms with Crippen LogP contribution in [0.2, 0.25) is 0 Å². The normalized spacial score (nSPS) is 11.0. The number of halogens is 1. The van der Waals surface area contributed by atoms with Gasteiger partial charge in [-0.2, -0.15) is 0 Å². The SMILES string of the molecule is CCNc1nc(C)c(C)nc1-c1cc2cc(F)ccc2o1. The zero-order chi connectivity index (χ0) is 15.0. The second-order valence-corrected chi connectivity index (χ2v) is 4.91. The van der Waals surface area contributed by atoms with Crippen molar-refractivity contribution >= 4 is 16.8 Å². The van der Waals surface area contributed by atoms with Gasteiger partial charge in [0.05, 0.1) is 11.4 Å². The molecule has 4 nitrogen and oxygen atoms in total. The van der Waals surface area contributed by atoms with Crippen molar-refractivity contribution < 1.29 is 8.81 Å². The first-order chi connectivity index (χ1) is 10.1. The quantitative estimate of drug-likeness (QED) is 0.788. The third-order valence-corrected chi connectivity index (χ3v) is 3.36. The molecule has 5 heteroatoms. The Morgan fingerprint density at radius 1 is 1.14 bits per heavy atom. The van der Waals surface area contributed by atoms with Gasteiger partial charge in [-0.05, 0) is 45.0 Å². The fourth-order valence-corrected chi connectivity index (χ4v) is 2.20. The predicted octanol–water partition coefficient (Wildman–Crippen LogP) is 4.08. The summed E-state index contributed by atoms with van der Waals surface area (Å²) in [5, 5.41) is 3.91. The van der Waals surface area contributed by atoms with Crippen molar-refractivity contribution in [3.8, 4) is 11.5 Å². The maximum absolute atomic E-state index is 13.3. The highest BCUT2D eigenvalue weighted by atomic mass is 19.1. The Hall–Kier alpha value is -2.43. The number of fused-ring (bicyclic) bond motifs is 1. The molecule has 0 atom stereocenters. The van der Waals surface area contributed by atoms with Gasteiger partial charge < -0.3 is 9.73 Å². The third-order valence-electron chi connectivity index (χ3n) is 3.36. The van der Waals surface area contributed by atoms with Gasteiger partial charge in [-0.25, -0.2) is 14.4 Å². The molecule has 21 heavy (non-hydrogen) atoms. The van der Waals surface area contributed by atoms with E-state index in [1.54, 1.807) is 12.1 Å². The first-order valence-corrected chi connectivity index (χ1v) is 6.87. The van der Waals surface area contributed by atoms with E-state index >= 15 is 0 Å². The summed E-state index contributed by atoms with van der Waals surface area (Å²) in [5.41, 5.74) is 3.00. The lowest BCUT2D eigenvalue weighted by Gasteiger charge is -2.09. The molecule has 2 heterocycles. The van der Waals surface area contributed by atoms with Gasteiger partial charge in [0.25, 0.3) is 0 Å². The topological polar surface area (TPSA) is 51.0 Å². The number of aryl methyl sites for hydroxylation is 2. The molecule has 0 saturated carbocycles. The average molecular weight is 285 g/mol. The zero-order valence-corrected chi connectivity index (χ0v) is 12.2. The first kappa shape index (κ1) is 13.5. The summed E-state index contributed by atoms with van der Waals surface area (Å²) in [6.07, 6.45) is 0. The second-order valence-electron chi connectivity index (χ2n) is 4.91. The Morgan fingerprint density at radius 3 is 2.67 bits per heavy atom. The maximum Gasteiger partial charge on any atom is 0.157 e. The molecule has 1 N–H and O–H groups in total.